The number of likely N-dealkylation sites (tertiary alicyclic amines) is 1. The summed E-state index contributed by atoms with van der Waals surface area (Å²) in [6, 6.07) is 2.38. The number of aliphatic hydroxyl groups is 1. The molecule has 6 nitrogen and oxygen atoms in total. The fourth-order valence-corrected chi connectivity index (χ4v) is 3.98. The van der Waals surface area contributed by atoms with E-state index >= 15 is 0 Å². The lowest BCUT2D eigenvalue weighted by atomic mass is 9.98. The molecule has 0 spiro atoms. The van der Waals surface area contributed by atoms with Crippen LogP contribution in [0.25, 0.3) is 0 Å². The Morgan fingerprint density at radius 1 is 1.35 bits per heavy atom. The van der Waals surface area contributed by atoms with E-state index < -0.39 is 6.10 Å². The van der Waals surface area contributed by atoms with Gasteiger partial charge in [0.05, 0.1) is 24.9 Å². The molecule has 1 saturated carbocycles. The number of aromatic nitrogens is 2. The fourth-order valence-electron chi connectivity index (χ4n) is 3.98. The van der Waals surface area contributed by atoms with Crippen LogP contribution in [-0.4, -0.2) is 50.9 Å². The number of rotatable bonds is 5. The Bertz CT molecular complexity index is 522. The molecule has 1 saturated heterocycles. The van der Waals surface area contributed by atoms with Crippen molar-refractivity contribution in [3.05, 3.63) is 12.3 Å². The number of hydrogen-bond donors (Lipinski definition) is 2. The maximum Gasteiger partial charge on any atom is 0.239 e. The van der Waals surface area contributed by atoms with Crippen LogP contribution in [0.5, 0.6) is 0 Å². The third kappa shape index (κ3) is 3.93. The van der Waals surface area contributed by atoms with Crippen LogP contribution < -0.4 is 5.32 Å². The van der Waals surface area contributed by atoms with Crippen molar-refractivity contribution in [3.8, 4) is 0 Å². The summed E-state index contributed by atoms with van der Waals surface area (Å²) >= 11 is 0. The molecule has 2 N–H and O–H groups in total. The molecule has 0 radical (unpaired) electrons. The monoisotopic (exact) mass is 320 g/mol. The van der Waals surface area contributed by atoms with Crippen molar-refractivity contribution < 1.29 is 9.90 Å². The molecule has 1 aromatic heterocycles. The second kappa shape index (κ2) is 7.45. The largest absolute Gasteiger partial charge is 0.392 e. The van der Waals surface area contributed by atoms with E-state index in [1.807, 2.05) is 17.7 Å². The Kier molecular flexibility index (Phi) is 5.33. The van der Waals surface area contributed by atoms with Crippen LogP contribution in [0, 0.1) is 0 Å². The summed E-state index contributed by atoms with van der Waals surface area (Å²) in [4.78, 5) is 14.5. The lowest BCUT2D eigenvalue weighted by molar-refractivity contribution is -0.119. The Labute approximate surface area is 137 Å². The van der Waals surface area contributed by atoms with Gasteiger partial charge in [-0.15, -0.1) is 0 Å². The summed E-state index contributed by atoms with van der Waals surface area (Å²) < 4.78 is 1.97. The predicted octanol–water partition coefficient (Wildman–Crippen LogP) is 2.17. The summed E-state index contributed by atoms with van der Waals surface area (Å²) in [6.07, 6.45) is 9.30. The van der Waals surface area contributed by atoms with E-state index in [9.17, 15) is 9.90 Å². The minimum absolute atomic E-state index is 0.0164. The molecule has 2 fully saturated rings. The minimum atomic E-state index is -0.396. The zero-order valence-electron chi connectivity index (χ0n) is 13.9. The van der Waals surface area contributed by atoms with Crippen LogP contribution in [-0.2, 0) is 4.79 Å². The number of nitrogens with one attached hydrogen (secondary N) is 1. The lowest BCUT2D eigenvalue weighted by Gasteiger charge is -2.36. The van der Waals surface area contributed by atoms with Crippen molar-refractivity contribution in [1.82, 2.24) is 14.7 Å². The molecule has 6 heteroatoms. The molecule has 2 unspecified atom stereocenters. The topological polar surface area (TPSA) is 70.4 Å². The van der Waals surface area contributed by atoms with E-state index in [0.717, 1.165) is 44.5 Å². The molecule has 2 atom stereocenters. The van der Waals surface area contributed by atoms with Gasteiger partial charge in [-0.1, -0.05) is 19.3 Å². The van der Waals surface area contributed by atoms with Crippen LogP contribution in [0.2, 0.25) is 0 Å². The third-order valence-corrected chi connectivity index (χ3v) is 5.18. The maximum atomic E-state index is 12.4. The highest BCUT2D eigenvalue weighted by molar-refractivity contribution is 5.91. The molecule has 1 amide bonds. The van der Waals surface area contributed by atoms with Gasteiger partial charge in [0.15, 0.2) is 0 Å². The van der Waals surface area contributed by atoms with Crippen molar-refractivity contribution >= 4 is 11.7 Å². The first-order chi connectivity index (χ1) is 11.1. The van der Waals surface area contributed by atoms with Gasteiger partial charge in [-0.05, 0) is 39.2 Å². The molecule has 0 bridgehead atoms. The van der Waals surface area contributed by atoms with Crippen LogP contribution >= 0.6 is 0 Å². The second-order valence-corrected chi connectivity index (χ2v) is 6.92. The highest BCUT2D eigenvalue weighted by atomic mass is 16.3. The summed E-state index contributed by atoms with van der Waals surface area (Å²) in [5.41, 5.74) is 0. The van der Waals surface area contributed by atoms with Gasteiger partial charge in [0.25, 0.3) is 0 Å². The van der Waals surface area contributed by atoms with Crippen molar-refractivity contribution in [1.29, 1.82) is 0 Å². The third-order valence-electron chi connectivity index (χ3n) is 5.18. The highest BCUT2D eigenvalue weighted by Crippen LogP contribution is 2.31. The van der Waals surface area contributed by atoms with Crippen molar-refractivity contribution in [2.24, 2.45) is 0 Å². The van der Waals surface area contributed by atoms with E-state index in [1.165, 1.54) is 12.8 Å². The van der Waals surface area contributed by atoms with E-state index in [1.54, 1.807) is 6.20 Å². The van der Waals surface area contributed by atoms with Crippen molar-refractivity contribution in [3.63, 3.8) is 0 Å². The standard InChI is InChI=1S/C17H28N4O2/c1-13(22)15-8-4-5-11-20(15)12-17(23)19-16-9-10-18-21(16)14-6-2-3-7-14/h9-10,13-15,22H,2-8,11-12H2,1H3,(H,19,23). The van der Waals surface area contributed by atoms with Gasteiger partial charge in [0.2, 0.25) is 5.91 Å². The molecule has 128 valence electrons. The predicted molar refractivity (Wildman–Crippen MR) is 89.3 cm³/mol. The number of hydrogen-bond acceptors (Lipinski definition) is 4. The van der Waals surface area contributed by atoms with Crippen LogP contribution in [0.1, 0.15) is 57.9 Å². The average molecular weight is 320 g/mol. The SMILES string of the molecule is CC(O)C1CCCCN1CC(=O)Nc1ccnn1C1CCCC1. The van der Waals surface area contributed by atoms with Crippen molar-refractivity contribution in [2.45, 2.75) is 70.1 Å². The van der Waals surface area contributed by atoms with Gasteiger partial charge in [0.1, 0.15) is 5.82 Å². The molecule has 2 aliphatic rings. The Morgan fingerprint density at radius 2 is 2.09 bits per heavy atom. The Hall–Kier alpha value is -1.40. The number of amides is 1. The van der Waals surface area contributed by atoms with Crippen LogP contribution in [0.4, 0.5) is 5.82 Å². The number of piperidine rings is 1. The van der Waals surface area contributed by atoms with Gasteiger partial charge in [-0.25, -0.2) is 4.68 Å². The van der Waals surface area contributed by atoms with Crippen LogP contribution in [0.15, 0.2) is 12.3 Å². The second-order valence-electron chi connectivity index (χ2n) is 6.92. The van der Waals surface area contributed by atoms with E-state index in [0.29, 0.717) is 12.6 Å². The molecule has 1 aliphatic heterocycles. The molecular weight excluding hydrogens is 292 g/mol. The van der Waals surface area contributed by atoms with E-state index in [4.69, 9.17) is 0 Å². The number of carbonyl (C=O) groups is 1. The minimum Gasteiger partial charge on any atom is -0.392 e. The quantitative estimate of drug-likeness (QED) is 0.872. The number of nitrogens with zero attached hydrogens (tertiary/aromatic N) is 3. The highest BCUT2D eigenvalue weighted by Gasteiger charge is 2.28. The summed E-state index contributed by atoms with van der Waals surface area (Å²) in [5.74, 6) is 0.782. The first-order valence-corrected chi connectivity index (χ1v) is 8.90. The molecule has 2 heterocycles. The fraction of sp³-hybridized carbons (Fsp3) is 0.765. The normalized spacial score (nSPS) is 24.7. The molecule has 3 rings (SSSR count). The number of anilines is 1. The van der Waals surface area contributed by atoms with Crippen molar-refractivity contribution in [2.75, 3.05) is 18.4 Å². The summed E-state index contributed by atoms with van der Waals surface area (Å²) in [6.45, 7) is 3.03. The summed E-state index contributed by atoms with van der Waals surface area (Å²) in [5, 5.41) is 17.3. The number of aliphatic hydroxyl groups excluding tert-OH is 1. The van der Waals surface area contributed by atoms with Gasteiger partial charge >= 0.3 is 0 Å². The van der Waals surface area contributed by atoms with E-state index in [2.05, 4.69) is 15.3 Å². The Balaban J connectivity index is 1.60. The molecule has 0 aromatic carbocycles. The maximum absolute atomic E-state index is 12.4. The first-order valence-electron chi connectivity index (χ1n) is 8.90. The first kappa shape index (κ1) is 16.5. The molecule has 23 heavy (non-hydrogen) atoms. The lowest BCUT2D eigenvalue weighted by Crippen LogP contribution is -2.48. The van der Waals surface area contributed by atoms with Gasteiger partial charge < -0.3 is 10.4 Å². The van der Waals surface area contributed by atoms with Gasteiger partial charge in [0, 0.05) is 12.1 Å². The smallest absolute Gasteiger partial charge is 0.239 e. The molecule has 1 aromatic rings. The Morgan fingerprint density at radius 3 is 2.83 bits per heavy atom. The number of carbonyl (C=O) groups excluding carboxylic acids is 1. The molecular formula is C17H28N4O2. The van der Waals surface area contributed by atoms with E-state index in [-0.39, 0.29) is 11.9 Å². The van der Waals surface area contributed by atoms with Gasteiger partial charge in [-0.3, -0.25) is 9.69 Å². The van der Waals surface area contributed by atoms with Gasteiger partial charge in [-0.2, -0.15) is 5.10 Å². The van der Waals surface area contributed by atoms with Crippen LogP contribution in [0.3, 0.4) is 0 Å². The summed E-state index contributed by atoms with van der Waals surface area (Å²) in [7, 11) is 0. The molecule has 1 aliphatic carbocycles. The average Bonchev–Trinajstić information content (AvgIpc) is 3.18. The zero-order valence-corrected chi connectivity index (χ0v) is 13.9. The zero-order chi connectivity index (χ0) is 16.2.